The van der Waals surface area contributed by atoms with Gasteiger partial charge in [-0.2, -0.15) is 0 Å². The first-order valence-corrected chi connectivity index (χ1v) is 9.86. The van der Waals surface area contributed by atoms with Crippen LogP contribution in [0.3, 0.4) is 0 Å². The lowest BCUT2D eigenvalue weighted by Crippen LogP contribution is -2.35. The highest BCUT2D eigenvalue weighted by atomic mass is 16.2. The lowest BCUT2D eigenvalue weighted by molar-refractivity contribution is -0.115. The maximum absolute atomic E-state index is 12.7. The van der Waals surface area contributed by atoms with Gasteiger partial charge in [-0.25, -0.2) is 9.97 Å². The molecule has 0 unspecified atom stereocenters. The number of amides is 1. The van der Waals surface area contributed by atoms with E-state index in [1.807, 2.05) is 32.2 Å². The fourth-order valence-electron chi connectivity index (χ4n) is 3.27. The molecule has 7 nitrogen and oxygen atoms in total. The molecule has 0 aliphatic heterocycles. The van der Waals surface area contributed by atoms with Crippen molar-refractivity contribution in [2.24, 2.45) is 0 Å². The third-order valence-electron chi connectivity index (χ3n) is 5.22. The molecule has 0 radical (unpaired) electrons. The van der Waals surface area contributed by atoms with Crippen molar-refractivity contribution in [3.63, 3.8) is 0 Å². The van der Waals surface area contributed by atoms with Gasteiger partial charge in [-0.1, -0.05) is 26.3 Å². The van der Waals surface area contributed by atoms with Crippen molar-refractivity contribution in [1.82, 2.24) is 20.2 Å². The van der Waals surface area contributed by atoms with Crippen molar-refractivity contribution in [3.05, 3.63) is 29.5 Å². The molecule has 2 aromatic rings. The van der Waals surface area contributed by atoms with Crippen molar-refractivity contribution >= 4 is 29.0 Å². The molecule has 1 aliphatic carbocycles. The van der Waals surface area contributed by atoms with E-state index >= 15 is 0 Å². The van der Waals surface area contributed by atoms with Gasteiger partial charge >= 0.3 is 0 Å². The van der Waals surface area contributed by atoms with Gasteiger partial charge in [0.2, 0.25) is 5.95 Å². The van der Waals surface area contributed by atoms with Gasteiger partial charge in [-0.05, 0) is 50.6 Å². The topological polar surface area (TPSA) is 101 Å². The number of nitrogen functional groups attached to an aromatic ring is 1. The lowest BCUT2D eigenvalue weighted by atomic mass is 9.65. The summed E-state index contributed by atoms with van der Waals surface area (Å²) in [4.78, 5) is 34.4. The van der Waals surface area contributed by atoms with Gasteiger partial charge in [0.25, 0.3) is 5.91 Å². The number of hydrogen-bond donors (Lipinski definition) is 2. The molecule has 1 aromatic carbocycles. The normalized spacial score (nSPS) is 14.6. The van der Waals surface area contributed by atoms with Crippen LogP contribution in [0.15, 0.2) is 18.2 Å². The Kier molecular flexibility index (Phi) is 7.45. The summed E-state index contributed by atoms with van der Waals surface area (Å²) in [6.45, 7) is 5.79. The number of nitrogens with two attached hydrogens (primary N) is 1. The number of aldehydes is 1. The second-order valence-corrected chi connectivity index (χ2v) is 7.22. The summed E-state index contributed by atoms with van der Waals surface area (Å²) in [5.41, 5.74) is 7.20. The molecular formula is C21H31N5O2. The number of carbonyl (C=O) groups excluding carboxylic acids is 2. The number of nitrogens with one attached hydrogen (secondary N) is 1. The van der Waals surface area contributed by atoms with Gasteiger partial charge in [0.15, 0.2) is 0 Å². The van der Waals surface area contributed by atoms with Crippen LogP contribution in [0, 0.1) is 0 Å². The van der Waals surface area contributed by atoms with Gasteiger partial charge in [0.1, 0.15) is 12.0 Å². The third kappa shape index (κ3) is 4.47. The van der Waals surface area contributed by atoms with Crippen LogP contribution >= 0.6 is 0 Å². The van der Waals surface area contributed by atoms with E-state index in [0.29, 0.717) is 23.1 Å². The summed E-state index contributed by atoms with van der Waals surface area (Å²) in [7, 11) is 3.68. The van der Waals surface area contributed by atoms with Crippen LogP contribution < -0.4 is 11.1 Å². The number of aromatic nitrogens is 2. The van der Waals surface area contributed by atoms with Gasteiger partial charge in [0.05, 0.1) is 10.9 Å². The average molecular weight is 386 g/mol. The summed E-state index contributed by atoms with van der Waals surface area (Å²) >= 11 is 0. The summed E-state index contributed by atoms with van der Waals surface area (Å²) < 4.78 is 0. The Morgan fingerprint density at radius 2 is 2.00 bits per heavy atom. The van der Waals surface area contributed by atoms with Gasteiger partial charge in [-0.3, -0.25) is 4.79 Å². The molecule has 1 saturated carbocycles. The van der Waals surface area contributed by atoms with Gasteiger partial charge < -0.3 is 20.7 Å². The van der Waals surface area contributed by atoms with E-state index in [4.69, 9.17) is 5.73 Å². The molecule has 0 spiro atoms. The predicted octanol–water partition coefficient (Wildman–Crippen LogP) is 2.54. The second-order valence-electron chi connectivity index (χ2n) is 7.22. The lowest BCUT2D eigenvalue weighted by Gasteiger charge is -2.37. The first-order chi connectivity index (χ1) is 13.4. The first kappa shape index (κ1) is 21.8. The fourth-order valence-corrected chi connectivity index (χ4v) is 3.27. The molecule has 1 amide bonds. The minimum Gasteiger partial charge on any atom is -0.368 e. The van der Waals surface area contributed by atoms with Gasteiger partial charge in [0, 0.05) is 19.0 Å². The van der Waals surface area contributed by atoms with E-state index in [0.717, 1.165) is 44.1 Å². The van der Waals surface area contributed by atoms with Crippen LogP contribution in [0.5, 0.6) is 0 Å². The average Bonchev–Trinajstić information content (AvgIpc) is 2.67. The second kappa shape index (κ2) is 9.59. The molecule has 7 heteroatoms. The zero-order valence-corrected chi connectivity index (χ0v) is 17.3. The highest BCUT2D eigenvalue weighted by molar-refractivity contribution is 6.05. The number of hydrogen-bond acceptors (Lipinski definition) is 6. The summed E-state index contributed by atoms with van der Waals surface area (Å²) in [5, 5.41) is 3.59. The minimum atomic E-state index is -0.425. The SMILES string of the molecule is CCCN(C)C(=O)c1nc(N)nc2ccc(C3(C=O)CCC3)cc12.CCNC. The monoisotopic (exact) mass is 385 g/mol. The molecule has 0 atom stereocenters. The van der Waals surface area contributed by atoms with Crippen LogP contribution in [-0.4, -0.2) is 54.2 Å². The molecule has 1 heterocycles. The van der Waals surface area contributed by atoms with Crippen molar-refractivity contribution in [1.29, 1.82) is 0 Å². The number of anilines is 1. The summed E-state index contributed by atoms with van der Waals surface area (Å²) in [6.07, 6.45) is 4.62. The smallest absolute Gasteiger partial charge is 0.273 e. The maximum Gasteiger partial charge on any atom is 0.273 e. The van der Waals surface area contributed by atoms with Crippen molar-refractivity contribution in [3.8, 4) is 0 Å². The Balaban J connectivity index is 0.000000640. The molecule has 3 rings (SSSR count). The zero-order valence-electron chi connectivity index (χ0n) is 17.3. The number of fused-ring (bicyclic) bond motifs is 1. The van der Waals surface area contributed by atoms with Crippen LogP contribution in [0.4, 0.5) is 5.95 Å². The quantitative estimate of drug-likeness (QED) is 0.741. The van der Waals surface area contributed by atoms with Crippen LogP contribution in [0.1, 0.15) is 55.6 Å². The Morgan fingerprint density at radius 3 is 2.50 bits per heavy atom. The standard InChI is InChI=1S/C18H22N4O2.C3H9N/c1-3-9-22(2)16(24)15-13-10-12(18(11-23)7-4-8-18)5-6-14(13)20-17(19)21-15;1-3-4-2/h5-6,10-11H,3-4,7-9H2,1-2H3,(H2,19,20,21);4H,3H2,1-2H3. The maximum atomic E-state index is 12.7. The number of nitrogens with zero attached hydrogens (tertiary/aromatic N) is 3. The van der Waals surface area contributed by atoms with E-state index in [-0.39, 0.29) is 11.9 Å². The molecule has 152 valence electrons. The summed E-state index contributed by atoms with van der Waals surface area (Å²) in [6, 6.07) is 5.62. The Labute approximate surface area is 166 Å². The number of carbonyl (C=O) groups is 2. The minimum absolute atomic E-state index is 0.0808. The van der Waals surface area contributed by atoms with E-state index in [2.05, 4.69) is 22.2 Å². The zero-order chi connectivity index (χ0) is 20.7. The van der Waals surface area contributed by atoms with E-state index in [1.165, 1.54) is 0 Å². The molecule has 1 aliphatic rings. The number of benzene rings is 1. The molecular weight excluding hydrogens is 354 g/mol. The largest absolute Gasteiger partial charge is 0.368 e. The third-order valence-corrected chi connectivity index (χ3v) is 5.22. The van der Waals surface area contributed by atoms with Crippen molar-refractivity contribution < 1.29 is 9.59 Å². The van der Waals surface area contributed by atoms with Crippen molar-refractivity contribution in [2.45, 2.75) is 44.9 Å². The Bertz CT molecular complexity index is 831. The van der Waals surface area contributed by atoms with E-state index in [1.54, 1.807) is 11.9 Å². The van der Waals surface area contributed by atoms with Crippen LogP contribution in [-0.2, 0) is 10.2 Å². The van der Waals surface area contributed by atoms with E-state index < -0.39 is 5.41 Å². The predicted molar refractivity (Wildman–Crippen MR) is 112 cm³/mol. The Morgan fingerprint density at radius 1 is 1.32 bits per heavy atom. The highest BCUT2D eigenvalue weighted by Gasteiger charge is 2.38. The Hall–Kier alpha value is -2.54. The van der Waals surface area contributed by atoms with Gasteiger partial charge in [-0.15, -0.1) is 0 Å². The summed E-state index contributed by atoms with van der Waals surface area (Å²) in [5.74, 6) is -0.0981. The fraction of sp³-hybridized carbons (Fsp3) is 0.524. The number of rotatable bonds is 6. The molecule has 3 N–H and O–H groups in total. The molecule has 28 heavy (non-hydrogen) atoms. The van der Waals surface area contributed by atoms with Crippen LogP contribution in [0.25, 0.3) is 10.9 Å². The first-order valence-electron chi connectivity index (χ1n) is 9.86. The molecule has 0 saturated heterocycles. The van der Waals surface area contributed by atoms with Crippen LogP contribution in [0.2, 0.25) is 0 Å². The van der Waals surface area contributed by atoms with E-state index in [9.17, 15) is 9.59 Å². The highest BCUT2D eigenvalue weighted by Crippen LogP contribution is 2.42. The molecule has 1 fully saturated rings. The van der Waals surface area contributed by atoms with Crippen molar-refractivity contribution in [2.75, 3.05) is 32.9 Å². The molecule has 1 aromatic heterocycles. The molecule has 0 bridgehead atoms.